The van der Waals surface area contributed by atoms with Crippen LogP contribution in [0.15, 0.2) is 35.1 Å². The molecule has 1 N–H and O–H groups in total. The van der Waals surface area contributed by atoms with Crippen LogP contribution in [0.25, 0.3) is 10.2 Å². The van der Waals surface area contributed by atoms with Gasteiger partial charge in [-0.2, -0.15) is 3.96 Å². The molecule has 2 heterocycles. The van der Waals surface area contributed by atoms with Gasteiger partial charge in [-0.15, -0.1) is 0 Å². The highest BCUT2D eigenvalue weighted by molar-refractivity contribution is 7.14. The number of pyridine rings is 1. The highest BCUT2D eigenvalue weighted by atomic mass is 32.1. The summed E-state index contributed by atoms with van der Waals surface area (Å²) >= 11 is 1.11. The zero-order chi connectivity index (χ0) is 16.8. The second-order valence-corrected chi connectivity index (χ2v) is 7.13. The normalized spacial score (nSPS) is 16.3. The van der Waals surface area contributed by atoms with Crippen LogP contribution >= 0.6 is 11.5 Å². The highest BCUT2D eigenvalue weighted by Crippen LogP contribution is 2.30. The Labute approximate surface area is 143 Å². The Balaban J connectivity index is 1.69. The number of carbonyl (C=O) groups excluding carboxylic acids is 1. The molecule has 0 spiro atoms. The van der Waals surface area contributed by atoms with Gasteiger partial charge >= 0.3 is 6.03 Å². The molecule has 0 radical (unpaired) electrons. The summed E-state index contributed by atoms with van der Waals surface area (Å²) in [5.41, 5.74) is 3.82. The fraction of sp³-hybridized carbons (Fsp3) is 0.278. The largest absolute Gasteiger partial charge is 0.338 e. The third kappa shape index (κ3) is 2.34. The molecule has 1 atom stereocenters. The van der Waals surface area contributed by atoms with Crippen LogP contribution in [0.3, 0.4) is 0 Å². The lowest BCUT2D eigenvalue weighted by atomic mass is 10.1. The molecule has 4 rings (SSSR count). The molecule has 1 amide bonds. The van der Waals surface area contributed by atoms with Crippen molar-refractivity contribution in [2.75, 3.05) is 0 Å². The molecule has 1 aliphatic carbocycles. The second-order valence-electron chi connectivity index (χ2n) is 6.19. The first-order chi connectivity index (χ1) is 11.5. The summed E-state index contributed by atoms with van der Waals surface area (Å²) in [5.74, 6) is 0. The van der Waals surface area contributed by atoms with E-state index in [4.69, 9.17) is 0 Å². The van der Waals surface area contributed by atoms with Gasteiger partial charge in [-0.05, 0) is 61.0 Å². The van der Waals surface area contributed by atoms with E-state index in [0.29, 0.717) is 10.2 Å². The van der Waals surface area contributed by atoms with Crippen molar-refractivity contribution in [2.45, 2.75) is 32.7 Å². The van der Waals surface area contributed by atoms with E-state index in [0.717, 1.165) is 41.2 Å². The first kappa shape index (κ1) is 15.1. The summed E-state index contributed by atoms with van der Waals surface area (Å²) in [6, 6.07) is 9.57. The number of fused-ring (bicyclic) bond motifs is 2. The van der Waals surface area contributed by atoms with Gasteiger partial charge < -0.3 is 5.32 Å². The van der Waals surface area contributed by atoms with Gasteiger partial charge in [0.05, 0.1) is 11.4 Å². The van der Waals surface area contributed by atoms with E-state index in [9.17, 15) is 9.59 Å². The fourth-order valence-corrected chi connectivity index (χ4v) is 4.41. The van der Waals surface area contributed by atoms with Crippen LogP contribution < -0.4 is 10.9 Å². The van der Waals surface area contributed by atoms with Crippen LogP contribution in [0.1, 0.15) is 34.8 Å². The number of carbonyl (C=O) groups is 1. The Morgan fingerprint density at radius 3 is 2.96 bits per heavy atom. The Kier molecular flexibility index (Phi) is 3.49. The standard InChI is InChI=1S/C18H17N3O2S/c1-10-9-11(2)19-16-15(10)17(22)21(24-16)18(23)20-14-8-7-12-5-3-4-6-13(12)14/h3-6,9,14H,7-8H2,1-2H3,(H,20,23)/t14-/m0/s1. The van der Waals surface area contributed by atoms with E-state index in [1.165, 1.54) is 9.52 Å². The van der Waals surface area contributed by atoms with Gasteiger partial charge in [-0.1, -0.05) is 24.3 Å². The molecule has 1 aromatic carbocycles. The Bertz CT molecular complexity index is 1020. The summed E-state index contributed by atoms with van der Waals surface area (Å²) in [4.78, 5) is 30.2. The molecule has 0 saturated heterocycles. The number of aromatic nitrogens is 2. The second kappa shape index (κ2) is 5.56. The summed E-state index contributed by atoms with van der Waals surface area (Å²) in [6.45, 7) is 3.76. The van der Waals surface area contributed by atoms with Crippen LogP contribution in [-0.2, 0) is 6.42 Å². The zero-order valence-electron chi connectivity index (χ0n) is 13.5. The molecule has 5 nitrogen and oxygen atoms in total. The lowest BCUT2D eigenvalue weighted by Crippen LogP contribution is -2.35. The van der Waals surface area contributed by atoms with Crippen molar-refractivity contribution in [1.82, 2.24) is 14.3 Å². The molecular weight excluding hydrogens is 322 g/mol. The topological polar surface area (TPSA) is 64.0 Å². The molecule has 24 heavy (non-hydrogen) atoms. The number of hydrogen-bond acceptors (Lipinski definition) is 4. The van der Waals surface area contributed by atoms with Crippen molar-refractivity contribution in [2.24, 2.45) is 0 Å². The van der Waals surface area contributed by atoms with Crippen molar-refractivity contribution < 1.29 is 4.79 Å². The average Bonchev–Trinajstić information content (AvgIpc) is 3.09. The minimum atomic E-state index is -0.373. The monoisotopic (exact) mass is 339 g/mol. The summed E-state index contributed by atoms with van der Waals surface area (Å²) in [7, 11) is 0. The third-order valence-electron chi connectivity index (χ3n) is 4.50. The predicted octanol–water partition coefficient (Wildman–Crippen LogP) is 3.32. The number of benzene rings is 1. The van der Waals surface area contributed by atoms with Crippen molar-refractivity contribution in [3.8, 4) is 0 Å². The number of nitrogens with zero attached hydrogens (tertiary/aromatic N) is 2. The molecule has 0 bridgehead atoms. The maximum atomic E-state index is 12.6. The summed E-state index contributed by atoms with van der Waals surface area (Å²) < 4.78 is 1.19. The first-order valence-corrected chi connectivity index (χ1v) is 8.71. The number of hydrogen-bond donors (Lipinski definition) is 1. The quantitative estimate of drug-likeness (QED) is 0.740. The van der Waals surface area contributed by atoms with Gasteiger partial charge in [0.2, 0.25) is 0 Å². The Morgan fingerprint density at radius 1 is 1.33 bits per heavy atom. The number of amides is 1. The number of aryl methyl sites for hydroxylation is 3. The molecule has 0 fully saturated rings. The highest BCUT2D eigenvalue weighted by Gasteiger charge is 2.25. The molecule has 2 aromatic heterocycles. The molecular formula is C18H17N3O2S. The van der Waals surface area contributed by atoms with Crippen LogP contribution in [0.4, 0.5) is 4.79 Å². The maximum absolute atomic E-state index is 12.6. The smallest absolute Gasteiger partial charge is 0.330 e. The van der Waals surface area contributed by atoms with Gasteiger partial charge in [0.1, 0.15) is 4.83 Å². The van der Waals surface area contributed by atoms with Crippen molar-refractivity contribution in [1.29, 1.82) is 0 Å². The first-order valence-electron chi connectivity index (χ1n) is 7.93. The SMILES string of the molecule is Cc1cc(C)c2c(=O)n(C(=O)N[C@H]3CCc4ccccc43)sc2n1. The Hall–Kier alpha value is -2.47. The molecule has 0 saturated carbocycles. The van der Waals surface area contributed by atoms with E-state index in [1.54, 1.807) is 0 Å². The lowest BCUT2D eigenvalue weighted by Gasteiger charge is -2.13. The van der Waals surface area contributed by atoms with Crippen LogP contribution in [0.5, 0.6) is 0 Å². The average molecular weight is 339 g/mol. The predicted molar refractivity (Wildman–Crippen MR) is 94.8 cm³/mol. The van der Waals surface area contributed by atoms with Crippen molar-refractivity contribution in [3.05, 3.63) is 63.1 Å². The summed E-state index contributed by atoms with van der Waals surface area (Å²) in [6.07, 6.45) is 1.81. The molecule has 122 valence electrons. The van der Waals surface area contributed by atoms with E-state index in [-0.39, 0.29) is 17.6 Å². The Morgan fingerprint density at radius 2 is 2.12 bits per heavy atom. The van der Waals surface area contributed by atoms with E-state index in [1.807, 2.05) is 38.1 Å². The lowest BCUT2D eigenvalue weighted by molar-refractivity contribution is 0.240. The zero-order valence-corrected chi connectivity index (χ0v) is 14.3. The van der Waals surface area contributed by atoms with E-state index >= 15 is 0 Å². The van der Waals surface area contributed by atoms with E-state index < -0.39 is 0 Å². The number of rotatable bonds is 1. The third-order valence-corrected chi connectivity index (χ3v) is 5.49. The minimum absolute atomic E-state index is 0.0402. The summed E-state index contributed by atoms with van der Waals surface area (Å²) in [5, 5.41) is 3.53. The van der Waals surface area contributed by atoms with Crippen LogP contribution in [0.2, 0.25) is 0 Å². The van der Waals surface area contributed by atoms with Crippen LogP contribution in [-0.4, -0.2) is 15.0 Å². The van der Waals surface area contributed by atoms with Gasteiger partial charge in [-0.25, -0.2) is 9.78 Å². The molecule has 0 aliphatic heterocycles. The van der Waals surface area contributed by atoms with Crippen molar-refractivity contribution >= 4 is 27.8 Å². The molecule has 1 aliphatic rings. The van der Waals surface area contributed by atoms with Gasteiger partial charge in [0, 0.05) is 5.69 Å². The van der Waals surface area contributed by atoms with E-state index in [2.05, 4.69) is 16.4 Å². The van der Waals surface area contributed by atoms with Gasteiger partial charge in [0.15, 0.2) is 0 Å². The number of nitrogens with one attached hydrogen (secondary N) is 1. The maximum Gasteiger partial charge on any atom is 0.338 e. The van der Waals surface area contributed by atoms with Gasteiger partial charge in [0.25, 0.3) is 5.56 Å². The fourth-order valence-electron chi connectivity index (χ4n) is 3.41. The molecule has 6 heteroatoms. The molecule has 3 aromatic rings. The molecule has 0 unspecified atom stereocenters. The van der Waals surface area contributed by atoms with Crippen molar-refractivity contribution in [3.63, 3.8) is 0 Å². The van der Waals surface area contributed by atoms with Crippen LogP contribution in [0, 0.1) is 13.8 Å². The minimum Gasteiger partial charge on any atom is -0.330 e. The van der Waals surface area contributed by atoms with Gasteiger partial charge in [-0.3, -0.25) is 4.79 Å².